The van der Waals surface area contributed by atoms with Crippen molar-refractivity contribution in [3.8, 4) is 5.75 Å². The van der Waals surface area contributed by atoms with E-state index < -0.39 is 0 Å². The predicted octanol–water partition coefficient (Wildman–Crippen LogP) is 2.53. The summed E-state index contributed by atoms with van der Waals surface area (Å²) < 4.78 is 16.5. The maximum Gasteiger partial charge on any atom is 0.251 e. The van der Waals surface area contributed by atoms with Gasteiger partial charge in [0, 0.05) is 30.9 Å². The van der Waals surface area contributed by atoms with Crippen LogP contribution in [0.25, 0.3) is 0 Å². The highest BCUT2D eigenvalue weighted by molar-refractivity contribution is 5.94. The first-order chi connectivity index (χ1) is 10.7. The number of nitrogens with one attached hydrogen (secondary N) is 1. The zero-order valence-electron chi connectivity index (χ0n) is 13.4. The van der Waals surface area contributed by atoms with Gasteiger partial charge in [0.1, 0.15) is 5.75 Å². The molecule has 1 aliphatic heterocycles. The standard InChI is InChI=1S/C17H25NO4/c1-3-20-12-14-10-13(7-8-16(14)21-4-2)17(19)18-11-15-6-5-9-22-15/h7-8,10,15H,3-6,9,11-12H2,1-2H3,(H,18,19). The SMILES string of the molecule is CCOCc1cc(C(=O)NCC2CCCO2)ccc1OCC. The van der Waals surface area contributed by atoms with Crippen molar-refractivity contribution in [2.75, 3.05) is 26.4 Å². The number of hydrogen-bond donors (Lipinski definition) is 1. The molecule has 1 aromatic rings. The average Bonchev–Trinajstić information content (AvgIpc) is 3.05. The third-order valence-corrected chi connectivity index (χ3v) is 3.60. The number of amides is 1. The van der Waals surface area contributed by atoms with Gasteiger partial charge in [-0.25, -0.2) is 0 Å². The Hall–Kier alpha value is -1.59. The van der Waals surface area contributed by atoms with Crippen molar-refractivity contribution < 1.29 is 19.0 Å². The van der Waals surface area contributed by atoms with Gasteiger partial charge >= 0.3 is 0 Å². The molecule has 5 heteroatoms. The summed E-state index contributed by atoms with van der Waals surface area (Å²) in [7, 11) is 0. The van der Waals surface area contributed by atoms with Crippen LogP contribution in [0.15, 0.2) is 18.2 Å². The lowest BCUT2D eigenvalue weighted by Gasteiger charge is -2.14. The van der Waals surface area contributed by atoms with Gasteiger partial charge < -0.3 is 19.5 Å². The van der Waals surface area contributed by atoms with Crippen LogP contribution in [-0.2, 0) is 16.1 Å². The minimum atomic E-state index is -0.0868. The van der Waals surface area contributed by atoms with E-state index in [-0.39, 0.29) is 12.0 Å². The number of carbonyl (C=O) groups excluding carboxylic acids is 1. The Morgan fingerprint density at radius 1 is 1.36 bits per heavy atom. The van der Waals surface area contributed by atoms with E-state index >= 15 is 0 Å². The van der Waals surface area contributed by atoms with Gasteiger partial charge in [-0.15, -0.1) is 0 Å². The first-order valence-electron chi connectivity index (χ1n) is 7.97. The van der Waals surface area contributed by atoms with E-state index in [4.69, 9.17) is 14.2 Å². The maximum atomic E-state index is 12.2. The molecule has 0 bridgehead atoms. The average molecular weight is 307 g/mol. The molecule has 1 aliphatic rings. The molecule has 1 saturated heterocycles. The van der Waals surface area contributed by atoms with Crippen LogP contribution in [0, 0.1) is 0 Å². The number of rotatable bonds is 8. The van der Waals surface area contributed by atoms with Crippen molar-refractivity contribution in [3.05, 3.63) is 29.3 Å². The highest BCUT2D eigenvalue weighted by Gasteiger charge is 2.17. The van der Waals surface area contributed by atoms with E-state index in [1.807, 2.05) is 26.0 Å². The van der Waals surface area contributed by atoms with Crippen molar-refractivity contribution in [2.45, 2.75) is 39.4 Å². The lowest BCUT2D eigenvalue weighted by atomic mass is 10.1. The van der Waals surface area contributed by atoms with Crippen LogP contribution in [0.4, 0.5) is 0 Å². The fraction of sp³-hybridized carbons (Fsp3) is 0.588. The van der Waals surface area contributed by atoms with Crippen LogP contribution in [0.1, 0.15) is 42.6 Å². The molecule has 122 valence electrons. The van der Waals surface area contributed by atoms with Gasteiger partial charge in [0.05, 0.1) is 19.3 Å². The van der Waals surface area contributed by atoms with Crippen LogP contribution < -0.4 is 10.1 Å². The van der Waals surface area contributed by atoms with Gasteiger partial charge in [-0.1, -0.05) is 0 Å². The molecule has 5 nitrogen and oxygen atoms in total. The van der Waals surface area contributed by atoms with E-state index in [0.29, 0.717) is 31.9 Å². The third kappa shape index (κ3) is 4.71. The van der Waals surface area contributed by atoms with E-state index in [2.05, 4.69) is 5.32 Å². The second kappa shape index (κ2) is 8.76. The molecule has 1 unspecified atom stereocenters. The molecule has 1 fully saturated rings. The second-order valence-corrected chi connectivity index (χ2v) is 5.24. The molecule has 1 aromatic carbocycles. The lowest BCUT2D eigenvalue weighted by Crippen LogP contribution is -2.31. The Labute approximate surface area is 131 Å². The number of carbonyl (C=O) groups is 1. The highest BCUT2D eigenvalue weighted by atomic mass is 16.5. The minimum Gasteiger partial charge on any atom is -0.494 e. The maximum absolute atomic E-state index is 12.2. The third-order valence-electron chi connectivity index (χ3n) is 3.60. The molecule has 0 aliphatic carbocycles. The van der Waals surface area contributed by atoms with E-state index in [1.54, 1.807) is 6.07 Å². The summed E-state index contributed by atoms with van der Waals surface area (Å²) in [6, 6.07) is 5.45. The molecule has 1 amide bonds. The summed E-state index contributed by atoms with van der Waals surface area (Å²) in [6.07, 6.45) is 2.23. The van der Waals surface area contributed by atoms with Crippen molar-refractivity contribution >= 4 is 5.91 Å². The number of hydrogen-bond acceptors (Lipinski definition) is 4. The zero-order valence-corrected chi connectivity index (χ0v) is 13.4. The van der Waals surface area contributed by atoms with Crippen molar-refractivity contribution in [1.82, 2.24) is 5.32 Å². The van der Waals surface area contributed by atoms with Crippen LogP contribution >= 0.6 is 0 Å². The van der Waals surface area contributed by atoms with Crippen molar-refractivity contribution in [2.24, 2.45) is 0 Å². The molecule has 22 heavy (non-hydrogen) atoms. The molecule has 1 N–H and O–H groups in total. The molecule has 0 spiro atoms. The van der Waals surface area contributed by atoms with Crippen molar-refractivity contribution in [3.63, 3.8) is 0 Å². The van der Waals surface area contributed by atoms with Crippen molar-refractivity contribution in [1.29, 1.82) is 0 Å². The molecular formula is C17H25NO4. The van der Waals surface area contributed by atoms with Crippen LogP contribution in [-0.4, -0.2) is 38.4 Å². The van der Waals surface area contributed by atoms with E-state index in [0.717, 1.165) is 30.8 Å². The van der Waals surface area contributed by atoms with Gasteiger partial charge in [-0.3, -0.25) is 4.79 Å². The fourth-order valence-corrected chi connectivity index (χ4v) is 2.46. The molecule has 1 heterocycles. The van der Waals surface area contributed by atoms with Gasteiger partial charge in [-0.2, -0.15) is 0 Å². The Kier molecular flexibility index (Phi) is 6.68. The summed E-state index contributed by atoms with van der Waals surface area (Å²) in [4.78, 5) is 12.2. The number of ether oxygens (including phenoxy) is 3. The largest absolute Gasteiger partial charge is 0.494 e. The quantitative estimate of drug-likeness (QED) is 0.802. The zero-order chi connectivity index (χ0) is 15.8. The Morgan fingerprint density at radius 3 is 2.91 bits per heavy atom. The Balaban J connectivity index is 2.00. The molecule has 0 aromatic heterocycles. The summed E-state index contributed by atoms with van der Waals surface area (Å²) in [6.45, 7) is 6.89. The fourth-order valence-electron chi connectivity index (χ4n) is 2.46. The van der Waals surface area contributed by atoms with Gasteiger partial charge in [0.2, 0.25) is 0 Å². The normalized spacial score (nSPS) is 17.5. The number of benzene rings is 1. The highest BCUT2D eigenvalue weighted by Crippen LogP contribution is 2.21. The molecule has 1 atom stereocenters. The minimum absolute atomic E-state index is 0.0868. The van der Waals surface area contributed by atoms with Gasteiger partial charge in [-0.05, 0) is 44.9 Å². The summed E-state index contributed by atoms with van der Waals surface area (Å²) in [5, 5.41) is 2.93. The summed E-state index contributed by atoms with van der Waals surface area (Å²) in [5.41, 5.74) is 1.52. The summed E-state index contributed by atoms with van der Waals surface area (Å²) >= 11 is 0. The Morgan fingerprint density at radius 2 is 2.23 bits per heavy atom. The first kappa shape index (κ1) is 16.8. The predicted molar refractivity (Wildman–Crippen MR) is 84.2 cm³/mol. The molecular weight excluding hydrogens is 282 g/mol. The molecule has 0 saturated carbocycles. The lowest BCUT2D eigenvalue weighted by molar-refractivity contribution is 0.0857. The molecule has 0 radical (unpaired) electrons. The smallest absolute Gasteiger partial charge is 0.251 e. The van der Waals surface area contributed by atoms with E-state index in [9.17, 15) is 4.79 Å². The summed E-state index contributed by atoms with van der Waals surface area (Å²) in [5.74, 6) is 0.683. The monoisotopic (exact) mass is 307 g/mol. The topological polar surface area (TPSA) is 56.8 Å². The first-order valence-corrected chi connectivity index (χ1v) is 7.97. The van der Waals surface area contributed by atoms with Crippen LogP contribution in [0.3, 0.4) is 0 Å². The van der Waals surface area contributed by atoms with Crippen LogP contribution in [0.5, 0.6) is 5.75 Å². The van der Waals surface area contributed by atoms with Gasteiger partial charge in [0.15, 0.2) is 0 Å². The molecule has 2 rings (SSSR count). The second-order valence-electron chi connectivity index (χ2n) is 5.24. The van der Waals surface area contributed by atoms with E-state index in [1.165, 1.54) is 0 Å². The Bertz CT molecular complexity index is 484. The van der Waals surface area contributed by atoms with Gasteiger partial charge in [0.25, 0.3) is 5.91 Å². The van der Waals surface area contributed by atoms with Crippen LogP contribution in [0.2, 0.25) is 0 Å².